The number of methoxy groups -OCH3 is 3. The lowest BCUT2D eigenvalue weighted by Crippen LogP contribution is -2.32. The van der Waals surface area contributed by atoms with E-state index in [2.05, 4.69) is 0 Å². The van der Waals surface area contributed by atoms with Crippen molar-refractivity contribution < 1.29 is 43.5 Å². The molecule has 35 heavy (non-hydrogen) atoms. The van der Waals surface area contributed by atoms with E-state index in [1.54, 1.807) is 6.20 Å². The van der Waals surface area contributed by atoms with E-state index in [4.69, 9.17) is 23.7 Å². The molecule has 1 fully saturated rings. The molecule has 10 heteroatoms. The minimum absolute atomic E-state index is 0.117. The van der Waals surface area contributed by atoms with Crippen LogP contribution in [0.3, 0.4) is 0 Å². The van der Waals surface area contributed by atoms with Crippen molar-refractivity contribution in [2.75, 3.05) is 47.6 Å². The number of esters is 1. The van der Waals surface area contributed by atoms with Crippen LogP contribution in [0, 0.1) is 0 Å². The number of phenolic OH excluding ortho intramolecular Hbond substituents is 2. The van der Waals surface area contributed by atoms with Gasteiger partial charge in [0.2, 0.25) is 11.5 Å². The normalized spacial score (nSPS) is 17.1. The van der Waals surface area contributed by atoms with Gasteiger partial charge in [-0.3, -0.25) is 9.59 Å². The number of rotatable bonds is 7. The van der Waals surface area contributed by atoms with Crippen molar-refractivity contribution in [2.24, 2.45) is 0 Å². The van der Waals surface area contributed by atoms with Gasteiger partial charge in [-0.05, 0) is 29.8 Å². The molecule has 0 unspecified atom stereocenters. The number of hydrogen-bond donors (Lipinski definition) is 2. The quantitative estimate of drug-likeness (QED) is 0.447. The summed E-state index contributed by atoms with van der Waals surface area (Å²) in [7, 11) is 4.03. The Morgan fingerprint density at radius 2 is 1.77 bits per heavy atom. The molecular weight excluding hydrogens is 458 g/mol. The summed E-state index contributed by atoms with van der Waals surface area (Å²) < 4.78 is 26.8. The van der Waals surface area contributed by atoms with E-state index in [-0.39, 0.29) is 57.8 Å². The van der Waals surface area contributed by atoms with Crippen LogP contribution in [-0.2, 0) is 14.3 Å². The van der Waals surface area contributed by atoms with E-state index >= 15 is 0 Å². The monoisotopic (exact) mass is 485 g/mol. The van der Waals surface area contributed by atoms with Crippen molar-refractivity contribution in [1.82, 2.24) is 4.90 Å². The molecule has 0 bridgehead atoms. The molecule has 1 saturated heterocycles. The maximum Gasteiger partial charge on any atom is 0.306 e. The summed E-state index contributed by atoms with van der Waals surface area (Å²) in [6, 6.07) is 5.95. The van der Waals surface area contributed by atoms with Crippen LogP contribution in [-0.4, -0.2) is 74.5 Å². The molecule has 2 aromatic carbocycles. The van der Waals surface area contributed by atoms with Gasteiger partial charge in [0.25, 0.3) is 0 Å². The maximum atomic E-state index is 13.1. The number of ketones is 1. The highest BCUT2D eigenvalue weighted by Gasteiger charge is 2.36. The van der Waals surface area contributed by atoms with Gasteiger partial charge in [-0.1, -0.05) is 0 Å². The Morgan fingerprint density at radius 3 is 2.37 bits per heavy atom. The molecular formula is C25H27NO9. The van der Waals surface area contributed by atoms with Crippen LogP contribution in [0.1, 0.15) is 33.8 Å². The lowest BCUT2D eigenvalue weighted by Gasteiger charge is -2.25. The summed E-state index contributed by atoms with van der Waals surface area (Å²) in [5.74, 6) is -1.55. The Morgan fingerprint density at radius 1 is 1.11 bits per heavy atom. The van der Waals surface area contributed by atoms with Crippen molar-refractivity contribution in [2.45, 2.75) is 12.3 Å². The number of Topliss-reactive ketones (excluding diaryl/α,β-unsaturated/α-hetero) is 1. The molecule has 0 spiro atoms. The van der Waals surface area contributed by atoms with Crippen LogP contribution < -0.4 is 14.2 Å². The van der Waals surface area contributed by atoms with Crippen molar-refractivity contribution in [3.05, 3.63) is 52.9 Å². The largest absolute Gasteiger partial charge is 0.508 e. The Balaban J connectivity index is 1.83. The number of benzene rings is 2. The predicted octanol–water partition coefficient (Wildman–Crippen LogP) is 2.56. The molecule has 2 N–H and O–H groups in total. The molecule has 2 aromatic rings. The first-order valence-corrected chi connectivity index (χ1v) is 11.0. The third-order valence-corrected chi connectivity index (χ3v) is 6.05. The first-order chi connectivity index (χ1) is 16.9. The molecule has 4 rings (SSSR count). The number of carbonyl (C=O) groups is 2. The Hall–Kier alpha value is -3.92. The summed E-state index contributed by atoms with van der Waals surface area (Å²) >= 11 is 0. The third kappa shape index (κ3) is 4.69. The molecule has 10 nitrogen and oxygen atoms in total. The highest BCUT2D eigenvalue weighted by molar-refractivity contribution is 6.12. The van der Waals surface area contributed by atoms with Gasteiger partial charge in [-0.2, -0.15) is 0 Å². The molecule has 0 aliphatic carbocycles. The zero-order valence-corrected chi connectivity index (χ0v) is 19.7. The second kappa shape index (κ2) is 10.1. The van der Waals surface area contributed by atoms with E-state index in [0.29, 0.717) is 31.9 Å². The summed E-state index contributed by atoms with van der Waals surface area (Å²) in [4.78, 5) is 27.4. The zero-order valence-electron chi connectivity index (χ0n) is 19.7. The first kappa shape index (κ1) is 24.2. The summed E-state index contributed by atoms with van der Waals surface area (Å²) in [6.07, 6.45) is 1.46. The number of aromatic hydroxyl groups is 2. The van der Waals surface area contributed by atoms with Crippen LogP contribution >= 0.6 is 0 Å². The number of ether oxygens (including phenoxy) is 5. The fourth-order valence-electron chi connectivity index (χ4n) is 4.21. The molecule has 0 radical (unpaired) electrons. The third-order valence-electron chi connectivity index (χ3n) is 6.05. The minimum atomic E-state index is -0.809. The Labute approximate surface area is 202 Å². The average Bonchev–Trinajstić information content (AvgIpc) is 3.18. The van der Waals surface area contributed by atoms with E-state index in [1.807, 2.05) is 4.90 Å². The average molecular weight is 485 g/mol. The lowest BCUT2D eigenvalue weighted by atomic mass is 9.85. The molecule has 0 saturated carbocycles. The number of hydrogen-bond acceptors (Lipinski definition) is 10. The number of nitrogens with zero attached hydrogens (tertiary/aromatic N) is 1. The van der Waals surface area contributed by atoms with Gasteiger partial charge in [0.05, 0.1) is 46.5 Å². The standard InChI is InChI=1S/C25H27NO9/c1-31-18-10-14(11-19(32-2)24(18)30)16(12-21(28)33-3)22-17(27)5-4-15-23(29)20(35-25(15)22)13-26-6-8-34-9-7-26/h4-5,10-11,13,16,27,30H,6-9,12H2,1-3H3/b20-13-/t16-/m0/s1. The van der Waals surface area contributed by atoms with Crippen molar-refractivity contribution in [3.8, 4) is 28.7 Å². The lowest BCUT2D eigenvalue weighted by molar-refractivity contribution is -0.140. The molecule has 186 valence electrons. The molecule has 2 aliphatic heterocycles. The SMILES string of the molecule is COC(=O)C[C@@H](c1cc(OC)c(O)c(OC)c1)c1c(O)ccc2c1O/C(=C\N1CCOCC1)C2=O. The predicted molar refractivity (Wildman–Crippen MR) is 123 cm³/mol. The van der Waals surface area contributed by atoms with Crippen LogP contribution in [0.5, 0.6) is 28.7 Å². The smallest absolute Gasteiger partial charge is 0.306 e. The minimum Gasteiger partial charge on any atom is -0.508 e. The summed E-state index contributed by atoms with van der Waals surface area (Å²) in [5.41, 5.74) is 0.985. The molecule has 2 heterocycles. The fourth-order valence-corrected chi connectivity index (χ4v) is 4.21. The van der Waals surface area contributed by atoms with E-state index < -0.39 is 11.9 Å². The zero-order chi connectivity index (χ0) is 25.1. The van der Waals surface area contributed by atoms with Crippen molar-refractivity contribution >= 4 is 11.8 Å². The van der Waals surface area contributed by atoms with Gasteiger partial charge in [-0.15, -0.1) is 0 Å². The second-order valence-electron chi connectivity index (χ2n) is 8.05. The van der Waals surface area contributed by atoms with Crippen molar-refractivity contribution in [3.63, 3.8) is 0 Å². The van der Waals surface area contributed by atoms with Gasteiger partial charge in [-0.25, -0.2) is 0 Å². The van der Waals surface area contributed by atoms with Crippen LogP contribution in [0.4, 0.5) is 0 Å². The summed E-state index contributed by atoms with van der Waals surface area (Å²) in [5, 5.41) is 21.2. The van der Waals surface area contributed by atoms with Crippen molar-refractivity contribution in [1.29, 1.82) is 0 Å². The highest BCUT2D eigenvalue weighted by Crippen LogP contribution is 2.48. The van der Waals surface area contributed by atoms with Crippen LogP contribution in [0.25, 0.3) is 0 Å². The van der Waals surface area contributed by atoms with Gasteiger partial charge in [0, 0.05) is 30.8 Å². The van der Waals surface area contributed by atoms with Gasteiger partial charge in [0.15, 0.2) is 17.3 Å². The molecule has 0 aromatic heterocycles. The summed E-state index contributed by atoms with van der Waals surface area (Å²) in [6.45, 7) is 2.32. The maximum absolute atomic E-state index is 13.1. The highest BCUT2D eigenvalue weighted by atomic mass is 16.5. The van der Waals surface area contributed by atoms with E-state index in [1.165, 1.54) is 45.6 Å². The van der Waals surface area contributed by atoms with E-state index in [0.717, 1.165) is 0 Å². The number of fused-ring (bicyclic) bond motifs is 1. The van der Waals surface area contributed by atoms with Gasteiger partial charge in [0.1, 0.15) is 11.5 Å². The number of carbonyl (C=O) groups excluding carboxylic acids is 2. The fraction of sp³-hybridized carbons (Fsp3) is 0.360. The van der Waals surface area contributed by atoms with E-state index in [9.17, 15) is 19.8 Å². The van der Waals surface area contributed by atoms with Gasteiger partial charge < -0.3 is 38.8 Å². The molecule has 1 atom stereocenters. The van der Waals surface area contributed by atoms with Gasteiger partial charge >= 0.3 is 5.97 Å². The topological polar surface area (TPSA) is 124 Å². The Kier molecular flexibility index (Phi) is 7.02. The second-order valence-corrected chi connectivity index (χ2v) is 8.05. The van der Waals surface area contributed by atoms with Crippen LogP contribution in [0.15, 0.2) is 36.2 Å². The number of morpholine rings is 1. The van der Waals surface area contributed by atoms with Crippen LogP contribution in [0.2, 0.25) is 0 Å². The molecule has 0 amide bonds. The molecule has 2 aliphatic rings. The number of allylic oxidation sites excluding steroid dienone is 1. The first-order valence-electron chi connectivity index (χ1n) is 11.0. The Bertz CT molecular complexity index is 1140. The number of phenols is 2.